The standard InChI is InChI=1S/C14H22N2O2S/c1-15-13-7-9-14(10-8-13)16-19(17,18)11-12-5-3-2-4-6-12/h2-6,13-16H,7-11H2,1H3. The Morgan fingerprint density at radius 2 is 1.63 bits per heavy atom. The van der Waals surface area contributed by atoms with Gasteiger partial charge in [0.1, 0.15) is 0 Å². The van der Waals surface area contributed by atoms with E-state index in [-0.39, 0.29) is 11.8 Å². The monoisotopic (exact) mass is 282 g/mol. The van der Waals surface area contributed by atoms with Gasteiger partial charge in [-0.25, -0.2) is 13.1 Å². The maximum Gasteiger partial charge on any atom is 0.216 e. The molecule has 2 N–H and O–H groups in total. The van der Waals surface area contributed by atoms with Crippen molar-refractivity contribution in [1.29, 1.82) is 0 Å². The van der Waals surface area contributed by atoms with Crippen LogP contribution >= 0.6 is 0 Å². The normalized spacial score (nSPS) is 24.3. The fourth-order valence-corrected chi connectivity index (χ4v) is 4.05. The minimum atomic E-state index is -3.23. The number of sulfonamides is 1. The van der Waals surface area contributed by atoms with Gasteiger partial charge in [0.25, 0.3) is 0 Å². The third-order valence-electron chi connectivity index (χ3n) is 3.68. The van der Waals surface area contributed by atoms with Gasteiger partial charge in [0.2, 0.25) is 10.0 Å². The van der Waals surface area contributed by atoms with Crippen molar-refractivity contribution in [2.24, 2.45) is 0 Å². The molecule has 4 nitrogen and oxygen atoms in total. The third kappa shape index (κ3) is 4.60. The highest BCUT2D eigenvalue weighted by atomic mass is 32.2. The number of hydrogen-bond donors (Lipinski definition) is 2. The summed E-state index contributed by atoms with van der Waals surface area (Å²) in [6.45, 7) is 0. The summed E-state index contributed by atoms with van der Waals surface area (Å²) in [6, 6.07) is 9.94. The molecule has 0 bridgehead atoms. The summed E-state index contributed by atoms with van der Waals surface area (Å²) in [5.74, 6) is 0.0692. The Labute approximate surface area is 115 Å². The summed E-state index contributed by atoms with van der Waals surface area (Å²) in [5, 5.41) is 3.25. The highest BCUT2D eigenvalue weighted by molar-refractivity contribution is 7.88. The first-order valence-corrected chi connectivity index (χ1v) is 8.45. The van der Waals surface area contributed by atoms with E-state index < -0.39 is 10.0 Å². The zero-order valence-electron chi connectivity index (χ0n) is 11.3. The zero-order chi connectivity index (χ0) is 13.7. The molecule has 0 atom stereocenters. The Kier molecular flexibility index (Phi) is 4.96. The lowest BCUT2D eigenvalue weighted by Crippen LogP contribution is -2.41. The van der Waals surface area contributed by atoms with Gasteiger partial charge in [0.05, 0.1) is 5.75 Å². The Balaban J connectivity index is 1.88. The summed E-state index contributed by atoms with van der Waals surface area (Å²) >= 11 is 0. The summed E-state index contributed by atoms with van der Waals surface area (Å²) in [4.78, 5) is 0. The first-order chi connectivity index (χ1) is 9.09. The molecule has 0 heterocycles. The molecule has 0 amide bonds. The quantitative estimate of drug-likeness (QED) is 0.863. The van der Waals surface area contributed by atoms with Crippen LogP contribution in [0.3, 0.4) is 0 Å². The van der Waals surface area contributed by atoms with Crippen LogP contribution in [0.25, 0.3) is 0 Å². The van der Waals surface area contributed by atoms with Gasteiger partial charge in [-0.2, -0.15) is 0 Å². The molecule has 1 aliphatic rings. The van der Waals surface area contributed by atoms with Crippen LogP contribution in [0.4, 0.5) is 0 Å². The first-order valence-electron chi connectivity index (χ1n) is 6.80. The summed E-state index contributed by atoms with van der Waals surface area (Å²) in [5.41, 5.74) is 0.832. The predicted octanol–water partition coefficient (Wildman–Crippen LogP) is 1.64. The van der Waals surface area contributed by atoms with E-state index in [1.165, 1.54) is 0 Å². The maximum absolute atomic E-state index is 12.1. The molecule has 19 heavy (non-hydrogen) atoms. The Hall–Kier alpha value is -0.910. The van der Waals surface area contributed by atoms with Crippen molar-refractivity contribution in [3.05, 3.63) is 35.9 Å². The van der Waals surface area contributed by atoms with Crippen LogP contribution in [0.2, 0.25) is 0 Å². The van der Waals surface area contributed by atoms with Gasteiger partial charge in [0, 0.05) is 12.1 Å². The lowest BCUT2D eigenvalue weighted by Gasteiger charge is -2.28. The van der Waals surface area contributed by atoms with E-state index in [9.17, 15) is 8.42 Å². The molecule has 5 heteroatoms. The molecule has 1 aromatic rings. The summed E-state index contributed by atoms with van der Waals surface area (Å²) in [7, 11) is -1.27. The minimum absolute atomic E-state index is 0.0692. The summed E-state index contributed by atoms with van der Waals surface area (Å²) in [6.07, 6.45) is 3.91. The lowest BCUT2D eigenvalue weighted by molar-refractivity contribution is 0.342. The van der Waals surface area contributed by atoms with Crippen LogP contribution in [0.5, 0.6) is 0 Å². The first kappa shape index (κ1) is 14.5. The highest BCUT2D eigenvalue weighted by Crippen LogP contribution is 2.19. The molecule has 1 fully saturated rings. The average molecular weight is 282 g/mol. The lowest BCUT2D eigenvalue weighted by atomic mass is 9.92. The molecule has 2 rings (SSSR count). The highest BCUT2D eigenvalue weighted by Gasteiger charge is 2.24. The van der Waals surface area contributed by atoms with Gasteiger partial charge in [0.15, 0.2) is 0 Å². The van der Waals surface area contributed by atoms with Crippen LogP contribution in [-0.4, -0.2) is 27.5 Å². The fourth-order valence-electron chi connectivity index (χ4n) is 2.59. The van der Waals surface area contributed by atoms with Crippen molar-refractivity contribution in [1.82, 2.24) is 10.0 Å². The minimum Gasteiger partial charge on any atom is -0.317 e. The average Bonchev–Trinajstić information content (AvgIpc) is 2.39. The largest absolute Gasteiger partial charge is 0.317 e. The van der Waals surface area contributed by atoms with E-state index in [0.717, 1.165) is 31.2 Å². The molecule has 0 aromatic heterocycles. The molecule has 1 aromatic carbocycles. The smallest absolute Gasteiger partial charge is 0.216 e. The second kappa shape index (κ2) is 6.50. The van der Waals surface area contributed by atoms with Gasteiger partial charge >= 0.3 is 0 Å². The van der Waals surface area contributed by atoms with E-state index in [2.05, 4.69) is 10.0 Å². The molecule has 0 radical (unpaired) electrons. The molecule has 106 valence electrons. The van der Waals surface area contributed by atoms with Crippen molar-refractivity contribution >= 4 is 10.0 Å². The molecule has 0 spiro atoms. The number of rotatable bonds is 5. The molecule has 1 aliphatic carbocycles. The van der Waals surface area contributed by atoms with E-state index in [0.29, 0.717) is 6.04 Å². The maximum atomic E-state index is 12.1. The van der Waals surface area contributed by atoms with Gasteiger partial charge in [-0.05, 0) is 38.3 Å². The second-order valence-electron chi connectivity index (χ2n) is 5.20. The molecular formula is C14H22N2O2S. The van der Waals surface area contributed by atoms with Gasteiger partial charge in [-0.15, -0.1) is 0 Å². The van der Waals surface area contributed by atoms with Crippen LogP contribution < -0.4 is 10.0 Å². The van der Waals surface area contributed by atoms with Crippen LogP contribution in [0, 0.1) is 0 Å². The van der Waals surface area contributed by atoms with Crippen molar-refractivity contribution in [2.45, 2.75) is 43.5 Å². The topological polar surface area (TPSA) is 58.2 Å². The zero-order valence-corrected chi connectivity index (χ0v) is 12.1. The van der Waals surface area contributed by atoms with Crippen LogP contribution in [0.1, 0.15) is 31.2 Å². The van der Waals surface area contributed by atoms with E-state index in [1.54, 1.807) is 0 Å². The molecule has 0 saturated heterocycles. The van der Waals surface area contributed by atoms with Gasteiger partial charge in [-0.3, -0.25) is 0 Å². The van der Waals surface area contributed by atoms with Crippen LogP contribution in [0.15, 0.2) is 30.3 Å². The Bertz CT molecular complexity index is 479. The van der Waals surface area contributed by atoms with Crippen molar-refractivity contribution in [3.63, 3.8) is 0 Å². The van der Waals surface area contributed by atoms with Gasteiger partial charge < -0.3 is 5.32 Å². The fraction of sp³-hybridized carbons (Fsp3) is 0.571. The number of hydrogen-bond acceptors (Lipinski definition) is 3. The molecule has 1 saturated carbocycles. The predicted molar refractivity (Wildman–Crippen MR) is 77.3 cm³/mol. The Morgan fingerprint density at radius 3 is 2.21 bits per heavy atom. The van der Waals surface area contributed by atoms with Gasteiger partial charge in [-0.1, -0.05) is 30.3 Å². The second-order valence-corrected chi connectivity index (χ2v) is 6.95. The summed E-state index contributed by atoms with van der Waals surface area (Å²) < 4.78 is 27.0. The van der Waals surface area contributed by atoms with Crippen molar-refractivity contribution in [2.75, 3.05) is 7.05 Å². The van der Waals surface area contributed by atoms with Crippen molar-refractivity contribution in [3.8, 4) is 0 Å². The molecule has 0 aliphatic heterocycles. The van der Waals surface area contributed by atoms with E-state index in [1.807, 2.05) is 37.4 Å². The SMILES string of the molecule is CNC1CCC(NS(=O)(=O)Cc2ccccc2)CC1. The third-order valence-corrected chi connectivity index (χ3v) is 5.09. The van der Waals surface area contributed by atoms with E-state index in [4.69, 9.17) is 0 Å². The van der Waals surface area contributed by atoms with E-state index >= 15 is 0 Å². The van der Waals surface area contributed by atoms with Crippen molar-refractivity contribution < 1.29 is 8.42 Å². The van der Waals surface area contributed by atoms with Crippen LogP contribution in [-0.2, 0) is 15.8 Å². The Morgan fingerprint density at radius 1 is 1.05 bits per heavy atom. The molecular weight excluding hydrogens is 260 g/mol. The number of benzene rings is 1. The number of nitrogens with one attached hydrogen (secondary N) is 2. The molecule has 0 unspecified atom stereocenters.